The first-order chi connectivity index (χ1) is 8.44. The summed E-state index contributed by atoms with van der Waals surface area (Å²) < 4.78 is 1.95. The van der Waals surface area contributed by atoms with Crippen molar-refractivity contribution in [1.29, 1.82) is 0 Å². The van der Waals surface area contributed by atoms with Crippen molar-refractivity contribution in [3.05, 3.63) is 23.0 Å². The molecule has 0 bridgehead atoms. The molecule has 102 valence electrons. The summed E-state index contributed by atoms with van der Waals surface area (Å²) in [6.45, 7) is 10.5. The lowest BCUT2D eigenvalue weighted by Crippen LogP contribution is -2.36. The SMILES string of the molecule is CCCn1ncc(Cl)c1/C=C/CCNC(C)(C)C. The highest BCUT2D eigenvalue weighted by atomic mass is 35.5. The molecule has 0 atom stereocenters. The molecular formula is C14H24ClN3. The number of hydrogen-bond donors (Lipinski definition) is 1. The lowest BCUT2D eigenvalue weighted by atomic mass is 10.1. The van der Waals surface area contributed by atoms with Crippen LogP contribution in [0.3, 0.4) is 0 Å². The van der Waals surface area contributed by atoms with Crippen molar-refractivity contribution in [2.45, 2.75) is 52.6 Å². The van der Waals surface area contributed by atoms with Gasteiger partial charge in [-0.1, -0.05) is 24.6 Å². The minimum absolute atomic E-state index is 0.176. The number of halogens is 1. The van der Waals surface area contributed by atoms with E-state index < -0.39 is 0 Å². The van der Waals surface area contributed by atoms with Crippen LogP contribution in [-0.2, 0) is 6.54 Å². The van der Waals surface area contributed by atoms with E-state index >= 15 is 0 Å². The van der Waals surface area contributed by atoms with Crippen molar-refractivity contribution in [2.24, 2.45) is 0 Å². The van der Waals surface area contributed by atoms with Crippen molar-refractivity contribution in [3.63, 3.8) is 0 Å². The van der Waals surface area contributed by atoms with Gasteiger partial charge in [0, 0.05) is 12.1 Å². The fourth-order valence-corrected chi connectivity index (χ4v) is 1.86. The zero-order valence-electron chi connectivity index (χ0n) is 11.8. The predicted octanol–water partition coefficient (Wildman–Crippen LogP) is 3.74. The van der Waals surface area contributed by atoms with E-state index in [0.717, 1.165) is 36.6 Å². The van der Waals surface area contributed by atoms with E-state index in [1.807, 2.05) is 4.68 Å². The first-order valence-electron chi connectivity index (χ1n) is 6.57. The van der Waals surface area contributed by atoms with Gasteiger partial charge in [0.2, 0.25) is 0 Å². The van der Waals surface area contributed by atoms with Crippen LogP contribution in [0.2, 0.25) is 5.02 Å². The van der Waals surface area contributed by atoms with Gasteiger partial charge in [0.25, 0.3) is 0 Å². The topological polar surface area (TPSA) is 29.9 Å². The molecule has 1 heterocycles. The standard InChI is InChI=1S/C14H24ClN3/c1-5-10-18-13(12(15)11-17-18)8-6-7-9-16-14(2,3)4/h6,8,11,16H,5,7,9-10H2,1-4H3/b8-6+. The summed E-state index contributed by atoms with van der Waals surface area (Å²) in [4.78, 5) is 0. The molecule has 0 saturated carbocycles. The summed E-state index contributed by atoms with van der Waals surface area (Å²) in [6, 6.07) is 0. The smallest absolute Gasteiger partial charge is 0.0859 e. The Balaban J connectivity index is 2.49. The van der Waals surface area contributed by atoms with E-state index in [0.29, 0.717) is 0 Å². The van der Waals surface area contributed by atoms with Gasteiger partial charge in [-0.05, 0) is 46.2 Å². The molecule has 0 saturated heterocycles. The van der Waals surface area contributed by atoms with Crippen molar-refractivity contribution in [1.82, 2.24) is 15.1 Å². The molecule has 18 heavy (non-hydrogen) atoms. The Morgan fingerprint density at radius 2 is 2.17 bits per heavy atom. The highest BCUT2D eigenvalue weighted by Gasteiger charge is 2.07. The van der Waals surface area contributed by atoms with Gasteiger partial charge < -0.3 is 5.32 Å². The Labute approximate surface area is 115 Å². The molecule has 1 N–H and O–H groups in total. The van der Waals surface area contributed by atoms with Crippen LogP contribution in [0, 0.1) is 0 Å². The second-order valence-electron chi connectivity index (χ2n) is 5.47. The van der Waals surface area contributed by atoms with Gasteiger partial charge in [-0.15, -0.1) is 0 Å². The predicted molar refractivity (Wildman–Crippen MR) is 78.9 cm³/mol. The number of nitrogens with one attached hydrogen (secondary N) is 1. The van der Waals surface area contributed by atoms with Gasteiger partial charge in [-0.25, -0.2) is 0 Å². The van der Waals surface area contributed by atoms with E-state index in [9.17, 15) is 0 Å². The zero-order chi connectivity index (χ0) is 13.6. The fraction of sp³-hybridized carbons (Fsp3) is 0.643. The van der Waals surface area contributed by atoms with Crippen LogP contribution in [0.15, 0.2) is 12.3 Å². The van der Waals surface area contributed by atoms with Gasteiger partial charge in [-0.2, -0.15) is 5.10 Å². The molecule has 4 heteroatoms. The quantitative estimate of drug-likeness (QED) is 0.798. The van der Waals surface area contributed by atoms with Gasteiger partial charge in [-0.3, -0.25) is 4.68 Å². The van der Waals surface area contributed by atoms with Gasteiger partial charge in [0.15, 0.2) is 0 Å². The van der Waals surface area contributed by atoms with Crippen molar-refractivity contribution < 1.29 is 0 Å². The van der Waals surface area contributed by atoms with Crippen LogP contribution in [0.25, 0.3) is 6.08 Å². The van der Waals surface area contributed by atoms with Crippen LogP contribution in [0.5, 0.6) is 0 Å². The van der Waals surface area contributed by atoms with Crippen LogP contribution < -0.4 is 5.32 Å². The van der Waals surface area contributed by atoms with E-state index in [1.54, 1.807) is 6.20 Å². The molecule has 1 rings (SSSR count). The fourth-order valence-electron chi connectivity index (χ4n) is 1.65. The molecule has 0 aliphatic rings. The first kappa shape index (κ1) is 15.3. The highest BCUT2D eigenvalue weighted by molar-refractivity contribution is 6.31. The molecule has 0 amide bonds. The molecule has 0 spiro atoms. The van der Waals surface area contributed by atoms with Gasteiger partial charge in [0.1, 0.15) is 0 Å². The minimum atomic E-state index is 0.176. The molecule has 1 aromatic heterocycles. The molecule has 0 aromatic carbocycles. The molecule has 0 radical (unpaired) electrons. The van der Waals surface area contributed by atoms with Gasteiger partial charge >= 0.3 is 0 Å². The summed E-state index contributed by atoms with van der Waals surface area (Å²) in [6.07, 6.45) is 7.97. The second kappa shape index (κ2) is 6.95. The maximum absolute atomic E-state index is 6.12. The number of aromatic nitrogens is 2. The Bertz CT molecular complexity index is 388. The van der Waals surface area contributed by atoms with E-state index in [-0.39, 0.29) is 5.54 Å². The number of rotatable bonds is 6. The third kappa shape index (κ3) is 5.23. The number of hydrogen-bond acceptors (Lipinski definition) is 2. The Morgan fingerprint density at radius 1 is 1.44 bits per heavy atom. The van der Waals surface area contributed by atoms with Crippen molar-refractivity contribution >= 4 is 17.7 Å². The third-order valence-electron chi connectivity index (χ3n) is 2.51. The summed E-state index contributed by atoms with van der Waals surface area (Å²) in [5.74, 6) is 0. The molecule has 0 aliphatic heterocycles. The maximum Gasteiger partial charge on any atom is 0.0859 e. The minimum Gasteiger partial charge on any atom is -0.312 e. The maximum atomic E-state index is 6.12. The zero-order valence-corrected chi connectivity index (χ0v) is 12.6. The van der Waals surface area contributed by atoms with E-state index in [4.69, 9.17) is 11.6 Å². The molecule has 3 nitrogen and oxygen atoms in total. The average Bonchev–Trinajstić information content (AvgIpc) is 2.59. The molecule has 0 aliphatic carbocycles. The normalized spacial score (nSPS) is 12.5. The van der Waals surface area contributed by atoms with E-state index in [1.165, 1.54) is 0 Å². The van der Waals surface area contributed by atoms with Crippen molar-refractivity contribution in [2.75, 3.05) is 6.54 Å². The summed E-state index contributed by atoms with van der Waals surface area (Å²) >= 11 is 6.12. The average molecular weight is 270 g/mol. The Kier molecular flexibility index (Phi) is 5.89. The summed E-state index contributed by atoms with van der Waals surface area (Å²) in [5.41, 5.74) is 1.18. The van der Waals surface area contributed by atoms with Gasteiger partial charge in [0.05, 0.1) is 16.9 Å². The Morgan fingerprint density at radius 3 is 2.78 bits per heavy atom. The second-order valence-corrected chi connectivity index (χ2v) is 5.88. The Hall–Kier alpha value is -0.800. The van der Waals surface area contributed by atoms with Crippen molar-refractivity contribution in [3.8, 4) is 0 Å². The van der Waals surface area contributed by atoms with E-state index in [2.05, 4.69) is 50.3 Å². The third-order valence-corrected chi connectivity index (χ3v) is 2.80. The van der Waals surface area contributed by atoms with Crippen LogP contribution >= 0.6 is 11.6 Å². The van der Waals surface area contributed by atoms with Crippen LogP contribution in [-0.4, -0.2) is 21.9 Å². The molecule has 1 aromatic rings. The lowest BCUT2D eigenvalue weighted by molar-refractivity contribution is 0.431. The largest absolute Gasteiger partial charge is 0.312 e. The highest BCUT2D eigenvalue weighted by Crippen LogP contribution is 2.17. The summed E-state index contributed by atoms with van der Waals surface area (Å²) in [7, 11) is 0. The van der Waals surface area contributed by atoms with Crippen LogP contribution in [0.4, 0.5) is 0 Å². The number of aryl methyl sites for hydroxylation is 1. The lowest BCUT2D eigenvalue weighted by Gasteiger charge is -2.19. The summed E-state index contributed by atoms with van der Waals surface area (Å²) in [5, 5.41) is 8.44. The molecule has 0 unspecified atom stereocenters. The van der Waals surface area contributed by atoms with Crippen LogP contribution in [0.1, 0.15) is 46.2 Å². The number of nitrogens with zero attached hydrogens (tertiary/aromatic N) is 2. The molecular weight excluding hydrogens is 246 g/mol. The monoisotopic (exact) mass is 269 g/mol. The first-order valence-corrected chi connectivity index (χ1v) is 6.94. The molecule has 0 fully saturated rings.